The highest BCUT2D eigenvalue weighted by Crippen LogP contribution is 2.20. The summed E-state index contributed by atoms with van der Waals surface area (Å²) in [5.41, 5.74) is 5.97. The maximum absolute atomic E-state index is 10.7. The van der Waals surface area contributed by atoms with E-state index < -0.39 is 0 Å². The largest absolute Gasteiger partial charge is 0.368 e. The number of hydrogen-bond donors (Lipinski definition) is 1. The minimum absolute atomic E-state index is 0. The first-order chi connectivity index (χ1) is 5.22. The quantitative estimate of drug-likeness (QED) is 0.802. The first kappa shape index (κ1) is 11.5. The molecule has 1 amide bonds. The molecule has 4 heteroatoms. The Morgan fingerprint density at radius 3 is 2.25 bits per heavy atom. The molecule has 0 spiro atoms. The summed E-state index contributed by atoms with van der Waals surface area (Å²) in [4.78, 5) is 10.3. The fraction of sp³-hybridized carbons (Fsp3) is 0.125. The smallest absolute Gasteiger partial charge is 0.235 e. The molecule has 66 valence electrons. The molecule has 1 unspecified atom stereocenters. The number of rotatable bonds is 2. The van der Waals surface area contributed by atoms with Crippen LogP contribution in [-0.2, 0) is 4.79 Å². The van der Waals surface area contributed by atoms with Crippen molar-refractivity contribution in [2.75, 3.05) is 0 Å². The highest BCUT2D eigenvalue weighted by Gasteiger charge is 2.11. The zero-order valence-corrected chi connectivity index (χ0v) is 8.64. The lowest BCUT2D eigenvalue weighted by molar-refractivity contribution is -0.117. The van der Waals surface area contributed by atoms with E-state index in [9.17, 15) is 4.79 Å². The van der Waals surface area contributed by atoms with E-state index >= 15 is 0 Å². The molecule has 0 bridgehead atoms. The molecule has 12 heavy (non-hydrogen) atoms. The van der Waals surface area contributed by atoms with Crippen molar-refractivity contribution in [2.24, 2.45) is 5.73 Å². The van der Waals surface area contributed by atoms with E-state index in [4.69, 9.17) is 5.73 Å². The number of amides is 1. The number of primary amides is 1. The number of alkyl halides is 1. The monoisotopic (exact) mass is 249 g/mol. The van der Waals surface area contributed by atoms with Gasteiger partial charge < -0.3 is 5.73 Å². The average molecular weight is 251 g/mol. The number of halogens is 2. The molecule has 0 fully saturated rings. The van der Waals surface area contributed by atoms with Crippen LogP contribution < -0.4 is 5.73 Å². The van der Waals surface area contributed by atoms with Crippen molar-refractivity contribution in [1.29, 1.82) is 0 Å². The molecule has 0 aliphatic carbocycles. The minimum Gasteiger partial charge on any atom is -0.368 e. The lowest BCUT2D eigenvalue weighted by Gasteiger charge is -2.03. The van der Waals surface area contributed by atoms with E-state index in [-0.39, 0.29) is 23.1 Å². The summed E-state index contributed by atoms with van der Waals surface area (Å²) in [5.74, 6) is -0.365. The van der Waals surface area contributed by atoms with Crippen molar-refractivity contribution in [3.8, 4) is 0 Å². The Kier molecular flexibility index (Phi) is 4.93. The standard InChI is InChI=1S/C8H8BrNO.ClH/c9-7(8(10)11)6-4-2-1-3-5-6;/h1-5,7H,(H2,10,11);1H. The van der Waals surface area contributed by atoms with Crippen molar-refractivity contribution < 1.29 is 4.79 Å². The SMILES string of the molecule is Cl.NC(=O)C(Br)c1ccccc1. The number of nitrogens with two attached hydrogens (primary N) is 1. The van der Waals surface area contributed by atoms with E-state index in [2.05, 4.69) is 15.9 Å². The van der Waals surface area contributed by atoms with Crippen molar-refractivity contribution in [2.45, 2.75) is 4.83 Å². The first-order valence-electron chi connectivity index (χ1n) is 3.20. The van der Waals surface area contributed by atoms with Crippen molar-refractivity contribution in [3.05, 3.63) is 35.9 Å². The van der Waals surface area contributed by atoms with Crippen LogP contribution in [0.1, 0.15) is 10.4 Å². The van der Waals surface area contributed by atoms with Gasteiger partial charge in [-0.25, -0.2) is 0 Å². The van der Waals surface area contributed by atoms with Crippen LogP contribution in [-0.4, -0.2) is 5.91 Å². The van der Waals surface area contributed by atoms with Crippen molar-refractivity contribution in [1.82, 2.24) is 0 Å². The highest BCUT2D eigenvalue weighted by molar-refractivity contribution is 9.09. The number of carbonyl (C=O) groups excluding carboxylic acids is 1. The van der Waals surface area contributed by atoms with Crippen LogP contribution in [0.3, 0.4) is 0 Å². The highest BCUT2D eigenvalue weighted by atomic mass is 79.9. The molecular formula is C8H9BrClNO. The summed E-state index contributed by atoms with van der Waals surface area (Å²) in [6.07, 6.45) is 0. The average Bonchev–Trinajstić information content (AvgIpc) is 2.05. The minimum atomic E-state index is -0.372. The van der Waals surface area contributed by atoms with Crippen LogP contribution >= 0.6 is 28.3 Å². The molecule has 0 aliphatic rings. The zero-order chi connectivity index (χ0) is 8.27. The van der Waals surface area contributed by atoms with Crippen molar-refractivity contribution >= 4 is 34.2 Å². The summed E-state index contributed by atoms with van der Waals surface area (Å²) < 4.78 is 0. The van der Waals surface area contributed by atoms with Crippen LogP contribution in [0, 0.1) is 0 Å². The summed E-state index contributed by atoms with van der Waals surface area (Å²) in [6, 6.07) is 9.33. The topological polar surface area (TPSA) is 43.1 Å². The van der Waals surface area contributed by atoms with Crippen LogP contribution in [0.15, 0.2) is 30.3 Å². The van der Waals surface area contributed by atoms with Crippen LogP contribution in [0.5, 0.6) is 0 Å². The second-order valence-corrected chi connectivity index (χ2v) is 3.09. The van der Waals surface area contributed by atoms with Crippen LogP contribution in [0.25, 0.3) is 0 Å². The van der Waals surface area contributed by atoms with E-state index in [1.165, 1.54) is 0 Å². The molecule has 1 aromatic carbocycles. The van der Waals surface area contributed by atoms with Crippen LogP contribution in [0.2, 0.25) is 0 Å². The summed E-state index contributed by atoms with van der Waals surface area (Å²) >= 11 is 3.18. The Hall–Kier alpha value is -0.540. The molecule has 0 heterocycles. The Bertz CT molecular complexity index is 252. The summed E-state index contributed by atoms with van der Waals surface area (Å²) in [6.45, 7) is 0. The maximum atomic E-state index is 10.7. The first-order valence-corrected chi connectivity index (χ1v) is 4.11. The number of benzene rings is 1. The molecule has 0 saturated heterocycles. The lowest BCUT2D eigenvalue weighted by Crippen LogP contribution is -2.16. The predicted octanol–water partition coefficient (Wildman–Crippen LogP) is 2.03. The zero-order valence-electron chi connectivity index (χ0n) is 6.24. The molecule has 1 aromatic rings. The fourth-order valence-electron chi connectivity index (χ4n) is 0.786. The number of carbonyl (C=O) groups is 1. The van der Waals surface area contributed by atoms with Gasteiger partial charge in [-0.15, -0.1) is 12.4 Å². The molecule has 2 N–H and O–H groups in total. The molecule has 1 atom stereocenters. The maximum Gasteiger partial charge on any atom is 0.235 e. The van der Waals surface area contributed by atoms with Gasteiger partial charge in [-0.2, -0.15) is 0 Å². The van der Waals surface area contributed by atoms with E-state index in [0.29, 0.717) is 0 Å². The fourth-order valence-corrected chi connectivity index (χ4v) is 1.09. The van der Waals surface area contributed by atoms with Gasteiger partial charge in [0.05, 0.1) is 0 Å². The second kappa shape index (κ2) is 5.17. The molecule has 0 saturated carbocycles. The van der Waals surface area contributed by atoms with E-state index in [1.54, 1.807) is 0 Å². The second-order valence-electron chi connectivity index (χ2n) is 2.18. The van der Waals surface area contributed by atoms with Gasteiger partial charge in [-0.05, 0) is 5.56 Å². The third kappa shape index (κ3) is 2.83. The Morgan fingerprint density at radius 1 is 1.33 bits per heavy atom. The third-order valence-electron chi connectivity index (χ3n) is 1.34. The van der Waals surface area contributed by atoms with Gasteiger partial charge in [0.1, 0.15) is 4.83 Å². The van der Waals surface area contributed by atoms with Gasteiger partial charge in [-0.3, -0.25) is 4.79 Å². The Balaban J connectivity index is 0.00000121. The molecule has 0 aliphatic heterocycles. The number of hydrogen-bond acceptors (Lipinski definition) is 1. The van der Waals surface area contributed by atoms with Gasteiger partial charge in [0.25, 0.3) is 0 Å². The van der Waals surface area contributed by atoms with Gasteiger partial charge >= 0.3 is 0 Å². The molecule has 2 nitrogen and oxygen atoms in total. The lowest BCUT2D eigenvalue weighted by atomic mass is 10.1. The normalized spacial score (nSPS) is 11.4. The van der Waals surface area contributed by atoms with Gasteiger partial charge in [0.15, 0.2) is 0 Å². The Labute approximate surface area is 85.7 Å². The third-order valence-corrected chi connectivity index (χ3v) is 2.32. The molecular weight excluding hydrogens is 241 g/mol. The summed E-state index contributed by atoms with van der Waals surface area (Å²) in [5, 5.41) is 0. The summed E-state index contributed by atoms with van der Waals surface area (Å²) in [7, 11) is 0. The van der Waals surface area contributed by atoms with E-state index in [0.717, 1.165) is 5.56 Å². The van der Waals surface area contributed by atoms with Gasteiger partial charge in [0.2, 0.25) is 5.91 Å². The van der Waals surface area contributed by atoms with Crippen molar-refractivity contribution in [3.63, 3.8) is 0 Å². The van der Waals surface area contributed by atoms with Crippen LogP contribution in [0.4, 0.5) is 0 Å². The van der Waals surface area contributed by atoms with E-state index in [1.807, 2.05) is 30.3 Å². The molecule has 0 radical (unpaired) electrons. The van der Waals surface area contributed by atoms with Gasteiger partial charge in [-0.1, -0.05) is 46.3 Å². The Morgan fingerprint density at radius 2 is 1.83 bits per heavy atom. The predicted molar refractivity (Wildman–Crippen MR) is 54.6 cm³/mol. The molecule has 0 aromatic heterocycles. The van der Waals surface area contributed by atoms with Gasteiger partial charge in [0, 0.05) is 0 Å². The molecule has 1 rings (SSSR count).